The monoisotopic (exact) mass is 362 g/mol. The summed E-state index contributed by atoms with van der Waals surface area (Å²) < 4.78 is 26.4. The van der Waals surface area contributed by atoms with Gasteiger partial charge in [0, 0.05) is 24.7 Å². The van der Waals surface area contributed by atoms with Gasteiger partial charge < -0.3 is 4.90 Å². The summed E-state index contributed by atoms with van der Waals surface area (Å²) in [6.45, 7) is 3.54. The topological polar surface area (TPSA) is 74.8 Å². The minimum Gasteiger partial charge on any atom is -0.338 e. The molecule has 1 atom stereocenters. The average molecular weight is 362 g/mol. The lowest BCUT2D eigenvalue weighted by atomic mass is 9.95. The first kappa shape index (κ1) is 16.6. The van der Waals surface area contributed by atoms with Gasteiger partial charge in [-0.3, -0.25) is 9.59 Å². The number of rotatable bonds is 3. The van der Waals surface area contributed by atoms with E-state index >= 15 is 0 Å². The number of hydrogen-bond donors (Lipinski definition) is 0. The zero-order valence-electron chi connectivity index (χ0n) is 14.3. The summed E-state index contributed by atoms with van der Waals surface area (Å²) in [5.74, 6) is -0.100. The van der Waals surface area contributed by atoms with E-state index in [1.165, 1.54) is 12.1 Å². The molecule has 1 saturated heterocycles. The van der Waals surface area contributed by atoms with Crippen LogP contribution in [0.3, 0.4) is 0 Å². The Morgan fingerprint density at radius 3 is 2.68 bits per heavy atom. The molecule has 2 amide bonds. The minimum atomic E-state index is -3.82. The zero-order chi connectivity index (χ0) is 17.8. The number of carbonyl (C=O) groups is 2. The zero-order valence-corrected chi connectivity index (χ0v) is 15.1. The summed E-state index contributed by atoms with van der Waals surface area (Å²) >= 11 is 0. The maximum atomic E-state index is 12.8. The third-order valence-corrected chi connectivity index (χ3v) is 7.33. The average Bonchev–Trinajstić information content (AvgIpc) is 3.42. The highest BCUT2D eigenvalue weighted by atomic mass is 32.2. The number of amides is 2. The van der Waals surface area contributed by atoms with E-state index in [-0.39, 0.29) is 22.4 Å². The van der Waals surface area contributed by atoms with Crippen LogP contribution in [0, 0.1) is 5.92 Å². The third kappa shape index (κ3) is 2.65. The van der Waals surface area contributed by atoms with Crippen LogP contribution in [0.5, 0.6) is 0 Å². The van der Waals surface area contributed by atoms with E-state index < -0.39 is 15.9 Å². The molecular weight excluding hydrogens is 340 g/mol. The molecule has 134 valence electrons. The van der Waals surface area contributed by atoms with Gasteiger partial charge in [0.25, 0.3) is 21.8 Å². The first-order valence-corrected chi connectivity index (χ1v) is 10.4. The second kappa shape index (κ2) is 5.83. The molecule has 1 aromatic carbocycles. The van der Waals surface area contributed by atoms with Gasteiger partial charge in [0.2, 0.25) is 0 Å². The largest absolute Gasteiger partial charge is 0.338 e. The van der Waals surface area contributed by atoms with Gasteiger partial charge in [-0.2, -0.15) is 0 Å². The third-order valence-electron chi connectivity index (χ3n) is 5.46. The maximum absolute atomic E-state index is 12.8. The van der Waals surface area contributed by atoms with Crippen molar-refractivity contribution in [1.82, 2.24) is 9.21 Å². The number of sulfonamides is 1. The van der Waals surface area contributed by atoms with E-state index in [2.05, 4.69) is 6.92 Å². The second-order valence-electron chi connectivity index (χ2n) is 7.22. The summed E-state index contributed by atoms with van der Waals surface area (Å²) in [5, 5.41) is 0. The molecule has 2 heterocycles. The van der Waals surface area contributed by atoms with E-state index in [4.69, 9.17) is 0 Å². The Balaban J connectivity index is 1.65. The molecule has 0 spiro atoms. The van der Waals surface area contributed by atoms with E-state index in [9.17, 15) is 18.0 Å². The number of nitrogens with zero attached hydrogens (tertiary/aromatic N) is 2. The first-order chi connectivity index (χ1) is 11.9. The van der Waals surface area contributed by atoms with Crippen molar-refractivity contribution >= 4 is 21.8 Å². The molecule has 0 bridgehead atoms. The van der Waals surface area contributed by atoms with Gasteiger partial charge in [0.05, 0.1) is 5.56 Å². The van der Waals surface area contributed by atoms with Crippen LogP contribution in [-0.2, 0) is 10.0 Å². The Labute approximate surface area is 147 Å². The fourth-order valence-electron chi connectivity index (χ4n) is 3.82. The summed E-state index contributed by atoms with van der Waals surface area (Å²) in [6.07, 6.45) is 4.58. The number of likely N-dealkylation sites (tertiary alicyclic amines) is 1. The number of hydrogen-bond acceptors (Lipinski definition) is 4. The van der Waals surface area contributed by atoms with E-state index in [0.717, 1.165) is 36.4 Å². The standard InChI is InChI=1S/C18H22N2O4S/c1-2-12-4-3-9-19(11-12)17(21)13-5-8-15-16(10-13)25(23,24)20(18(15)22)14-6-7-14/h5,8,10,12,14H,2-4,6-7,9,11H2,1H3/t12-/m1/s1. The number of benzene rings is 1. The lowest BCUT2D eigenvalue weighted by Gasteiger charge is -2.32. The molecule has 0 unspecified atom stereocenters. The van der Waals surface area contributed by atoms with Gasteiger partial charge in [-0.15, -0.1) is 0 Å². The van der Waals surface area contributed by atoms with Crippen molar-refractivity contribution in [2.24, 2.45) is 5.92 Å². The van der Waals surface area contributed by atoms with Crippen LogP contribution >= 0.6 is 0 Å². The normalized spacial score (nSPS) is 25.2. The molecule has 0 aromatic heterocycles. The summed E-state index contributed by atoms with van der Waals surface area (Å²) in [5.41, 5.74) is 0.540. The summed E-state index contributed by atoms with van der Waals surface area (Å²) in [7, 11) is -3.82. The highest BCUT2D eigenvalue weighted by Gasteiger charge is 2.48. The molecule has 1 aromatic rings. The van der Waals surface area contributed by atoms with Crippen LogP contribution in [0.2, 0.25) is 0 Å². The quantitative estimate of drug-likeness (QED) is 0.827. The van der Waals surface area contributed by atoms with Gasteiger partial charge in [-0.25, -0.2) is 12.7 Å². The van der Waals surface area contributed by atoms with Gasteiger partial charge >= 0.3 is 0 Å². The molecule has 1 aliphatic carbocycles. The Kier molecular flexibility index (Phi) is 3.86. The number of piperidine rings is 1. The van der Waals surface area contributed by atoms with Gasteiger partial charge in [0.1, 0.15) is 4.90 Å². The van der Waals surface area contributed by atoms with Gasteiger partial charge in [-0.05, 0) is 49.8 Å². The molecule has 0 radical (unpaired) electrons. The molecule has 2 fully saturated rings. The van der Waals surface area contributed by atoms with E-state index in [0.29, 0.717) is 24.6 Å². The van der Waals surface area contributed by atoms with Crippen LogP contribution in [-0.4, -0.2) is 48.6 Å². The second-order valence-corrected chi connectivity index (χ2v) is 9.00. The Hall–Kier alpha value is -1.89. The van der Waals surface area contributed by atoms with Crippen molar-refractivity contribution in [1.29, 1.82) is 0 Å². The van der Waals surface area contributed by atoms with Crippen molar-refractivity contribution in [3.05, 3.63) is 29.3 Å². The summed E-state index contributed by atoms with van der Waals surface area (Å²) in [6, 6.07) is 4.26. The van der Waals surface area contributed by atoms with Crippen molar-refractivity contribution < 1.29 is 18.0 Å². The van der Waals surface area contributed by atoms with Gasteiger partial charge in [-0.1, -0.05) is 13.3 Å². The highest BCUT2D eigenvalue weighted by Crippen LogP contribution is 2.39. The molecule has 0 N–H and O–H groups in total. The predicted molar refractivity (Wildman–Crippen MR) is 91.7 cm³/mol. The maximum Gasteiger partial charge on any atom is 0.269 e. The molecule has 1 saturated carbocycles. The molecule has 25 heavy (non-hydrogen) atoms. The molecule has 6 nitrogen and oxygen atoms in total. The fourth-order valence-corrected chi connectivity index (χ4v) is 5.66. The lowest BCUT2D eigenvalue weighted by molar-refractivity contribution is 0.0670. The number of carbonyl (C=O) groups excluding carboxylic acids is 2. The lowest BCUT2D eigenvalue weighted by Crippen LogP contribution is -2.39. The van der Waals surface area contributed by atoms with Crippen molar-refractivity contribution in [3.8, 4) is 0 Å². The van der Waals surface area contributed by atoms with Crippen molar-refractivity contribution in [2.45, 2.75) is 50.0 Å². The Bertz CT molecular complexity index is 845. The molecular formula is C18H22N2O4S. The van der Waals surface area contributed by atoms with Crippen LogP contribution < -0.4 is 0 Å². The van der Waals surface area contributed by atoms with Crippen LogP contribution in [0.25, 0.3) is 0 Å². The minimum absolute atomic E-state index is 0.0145. The van der Waals surface area contributed by atoms with Crippen LogP contribution in [0.1, 0.15) is 59.7 Å². The first-order valence-electron chi connectivity index (χ1n) is 8.95. The molecule has 2 aliphatic heterocycles. The van der Waals surface area contributed by atoms with Crippen molar-refractivity contribution in [2.75, 3.05) is 13.1 Å². The van der Waals surface area contributed by atoms with E-state index in [1.54, 1.807) is 11.0 Å². The smallest absolute Gasteiger partial charge is 0.269 e. The summed E-state index contributed by atoms with van der Waals surface area (Å²) in [4.78, 5) is 27.0. The SMILES string of the molecule is CC[C@@H]1CCCN(C(=O)c2ccc3c(c2)S(=O)(=O)N(C2CC2)C3=O)C1. The van der Waals surface area contributed by atoms with Crippen molar-refractivity contribution in [3.63, 3.8) is 0 Å². The molecule has 7 heteroatoms. The Morgan fingerprint density at radius 2 is 2.00 bits per heavy atom. The number of fused-ring (bicyclic) bond motifs is 1. The van der Waals surface area contributed by atoms with E-state index in [1.807, 2.05) is 0 Å². The predicted octanol–water partition coefficient (Wildman–Crippen LogP) is 2.26. The molecule has 4 rings (SSSR count). The molecule has 3 aliphatic rings. The highest BCUT2D eigenvalue weighted by molar-refractivity contribution is 7.90. The van der Waals surface area contributed by atoms with Crippen LogP contribution in [0.15, 0.2) is 23.1 Å². The van der Waals surface area contributed by atoms with Crippen LogP contribution in [0.4, 0.5) is 0 Å². The van der Waals surface area contributed by atoms with Gasteiger partial charge in [0.15, 0.2) is 0 Å². The Morgan fingerprint density at radius 1 is 1.24 bits per heavy atom. The fraction of sp³-hybridized carbons (Fsp3) is 0.556.